The highest BCUT2D eigenvalue weighted by atomic mass is 35.5. The number of amides is 1. The number of halogens is 2. The van der Waals surface area contributed by atoms with Crippen LogP contribution in [0.25, 0.3) is 0 Å². The third kappa shape index (κ3) is 5.50. The number of carbonyl (C=O) groups is 1. The second-order valence-corrected chi connectivity index (χ2v) is 7.79. The number of pyridine rings is 1. The van der Waals surface area contributed by atoms with Gasteiger partial charge in [-0.1, -0.05) is 12.8 Å². The number of nitrogens with zero attached hydrogens (tertiary/aromatic N) is 4. The molecule has 1 aromatic rings. The molecule has 3 aliphatic rings. The molecule has 6 nitrogen and oxygen atoms in total. The molecule has 4 heterocycles. The topological polar surface area (TPSA) is 51.7 Å². The second kappa shape index (κ2) is 11.2. The van der Waals surface area contributed by atoms with Crippen LogP contribution in [0.1, 0.15) is 42.5 Å². The Morgan fingerprint density at radius 1 is 0.964 bits per heavy atom. The molecule has 158 valence electrons. The van der Waals surface area contributed by atoms with Gasteiger partial charge in [-0.05, 0) is 31.4 Å². The van der Waals surface area contributed by atoms with E-state index in [4.69, 9.17) is 0 Å². The van der Waals surface area contributed by atoms with E-state index >= 15 is 0 Å². The summed E-state index contributed by atoms with van der Waals surface area (Å²) in [4.78, 5) is 24.4. The van der Waals surface area contributed by atoms with Gasteiger partial charge in [-0.15, -0.1) is 24.8 Å². The summed E-state index contributed by atoms with van der Waals surface area (Å²) in [7, 11) is 0. The first-order valence-electron chi connectivity index (χ1n) is 10.3. The van der Waals surface area contributed by atoms with Crippen molar-refractivity contribution in [3.8, 4) is 0 Å². The summed E-state index contributed by atoms with van der Waals surface area (Å²) in [5, 5.41) is 3.40. The minimum atomic E-state index is 0. The number of anilines is 1. The lowest BCUT2D eigenvalue weighted by Gasteiger charge is -2.32. The number of carbonyl (C=O) groups excluding carboxylic acids is 1. The van der Waals surface area contributed by atoms with E-state index in [9.17, 15) is 4.79 Å². The Morgan fingerprint density at radius 2 is 1.68 bits per heavy atom. The molecule has 8 heteroatoms. The van der Waals surface area contributed by atoms with Gasteiger partial charge in [-0.3, -0.25) is 9.69 Å². The molecule has 4 rings (SSSR count). The number of rotatable bonds is 3. The Morgan fingerprint density at radius 3 is 2.32 bits per heavy atom. The molecule has 0 bridgehead atoms. The molecule has 3 saturated heterocycles. The minimum Gasteiger partial charge on any atom is -0.357 e. The first-order chi connectivity index (χ1) is 12.8. The van der Waals surface area contributed by atoms with Gasteiger partial charge in [-0.25, -0.2) is 4.98 Å². The maximum Gasteiger partial charge on any atom is 0.255 e. The molecule has 28 heavy (non-hydrogen) atoms. The van der Waals surface area contributed by atoms with Crippen LogP contribution in [-0.4, -0.2) is 79.1 Å². The van der Waals surface area contributed by atoms with Gasteiger partial charge < -0.3 is 15.1 Å². The van der Waals surface area contributed by atoms with E-state index in [1.54, 1.807) is 6.20 Å². The zero-order valence-electron chi connectivity index (χ0n) is 16.5. The highest BCUT2D eigenvalue weighted by Gasteiger charge is 2.31. The fourth-order valence-electron chi connectivity index (χ4n) is 4.45. The Bertz CT molecular complexity index is 601. The Labute approximate surface area is 180 Å². The molecule has 1 N–H and O–H groups in total. The van der Waals surface area contributed by atoms with Crippen molar-refractivity contribution in [3.05, 3.63) is 23.9 Å². The number of piperazine rings is 1. The van der Waals surface area contributed by atoms with E-state index in [2.05, 4.69) is 20.1 Å². The van der Waals surface area contributed by atoms with Crippen molar-refractivity contribution in [1.82, 2.24) is 20.1 Å². The highest BCUT2D eigenvalue weighted by molar-refractivity contribution is 5.94. The molecular formula is C20H33Cl2N5O. The highest BCUT2D eigenvalue weighted by Crippen LogP contribution is 2.21. The fraction of sp³-hybridized carbons (Fsp3) is 0.700. The van der Waals surface area contributed by atoms with Crippen molar-refractivity contribution in [2.24, 2.45) is 0 Å². The fourth-order valence-corrected chi connectivity index (χ4v) is 4.45. The van der Waals surface area contributed by atoms with Crippen LogP contribution >= 0.6 is 24.8 Å². The molecule has 0 aromatic carbocycles. The minimum absolute atomic E-state index is 0. The molecule has 3 fully saturated rings. The lowest BCUT2D eigenvalue weighted by atomic mass is 10.2. The van der Waals surface area contributed by atoms with E-state index in [1.165, 1.54) is 25.7 Å². The largest absolute Gasteiger partial charge is 0.357 e. The lowest BCUT2D eigenvalue weighted by molar-refractivity contribution is 0.0773. The summed E-state index contributed by atoms with van der Waals surface area (Å²) in [5.74, 6) is 1.15. The number of hydrogen-bond acceptors (Lipinski definition) is 5. The van der Waals surface area contributed by atoms with Crippen LogP contribution in [0.4, 0.5) is 5.82 Å². The van der Waals surface area contributed by atoms with Gasteiger partial charge in [-0.2, -0.15) is 0 Å². The van der Waals surface area contributed by atoms with Crippen molar-refractivity contribution >= 4 is 36.5 Å². The molecule has 0 spiro atoms. The average Bonchev–Trinajstić information content (AvgIpc) is 3.04. The maximum absolute atomic E-state index is 12.9. The summed E-state index contributed by atoms with van der Waals surface area (Å²) >= 11 is 0. The molecular weight excluding hydrogens is 397 g/mol. The summed E-state index contributed by atoms with van der Waals surface area (Å²) in [6.07, 6.45) is 7.98. The second-order valence-electron chi connectivity index (χ2n) is 7.79. The predicted octanol–water partition coefficient (Wildman–Crippen LogP) is 2.43. The molecule has 0 radical (unpaired) electrons. The quantitative estimate of drug-likeness (QED) is 0.799. The summed E-state index contributed by atoms with van der Waals surface area (Å²) in [5.41, 5.74) is 0.726. The van der Waals surface area contributed by atoms with E-state index in [1.807, 2.05) is 17.0 Å². The molecule has 1 amide bonds. The van der Waals surface area contributed by atoms with Gasteiger partial charge in [0.1, 0.15) is 5.82 Å². The maximum atomic E-state index is 12.9. The third-order valence-corrected chi connectivity index (χ3v) is 6.04. The average molecular weight is 430 g/mol. The van der Waals surface area contributed by atoms with Crippen LogP contribution in [0.5, 0.6) is 0 Å². The number of likely N-dealkylation sites (tertiary alicyclic amines) is 1. The number of hydrogen-bond donors (Lipinski definition) is 1. The zero-order chi connectivity index (χ0) is 17.8. The van der Waals surface area contributed by atoms with Gasteiger partial charge in [0.15, 0.2) is 0 Å². The molecule has 0 saturated carbocycles. The van der Waals surface area contributed by atoms with Gasteiger partial charge in [0.05, 0.1) is 5.56 Å². The summed E-state index contributed by atoms with van der Waals surface area (Å²) in [6.45, 7) is 8.20. The normalized spacial score (nSPS) is 23.5. The van der Waals surface area contributed by atoms with Gasteiger partial charge in [0, 0.05) is 64.6 Å². The van der Waals surface area contributed by atoms with Crippen LogP contribution in [0.15, 0.2) is 18.3 Å². The van der Waals surface area contributed by atoms with Crippen molar-refractivity contribution < 1.29 is 4.79 Å². The predicted molar refractivity (Wildman–Crippen MR) is 118 cm³/mol. The van der Waals surface area contributed by atoms with Crippen molar-refractivity contribution in [2.45, 2.75) is 38.1 Å². The van der Waals surface area contributed by atoms with E-state index in [0.717, 1.165) is 70.2 Å². The van der Waals surface area contributed by atoms with Crippen molar-refractivity contribution in [1.29, 1.82) is 0 Å². The molecule has 1 unspecified atom stereocenters. The van der Waals surface area contributed by atoms with Crippen LogP contribution in [0.3, 0.4) is 0 Å². The van der Waals surface area contributed by atoms with Gasteiger partial charge in [0.2, 0.25) is 0 Å². The number of aromatic nitrogens is 1. The molecule has 1 atom stereocenters. The summed E-state index contributed by atoms with van der Waals surface area (Å²) in [6, 6.07) is 4.52. The van der Waals surface area contributed by atoms with Crippen LogP contribution in [0, 0.1) is 0 Å². The Balaban J connectivity index is 0.00000140. The van der Waals surface area contributed by atoms with Crippen LogP contribution in [0.2, 0.25) is 0 Å². The first-order valence-corrected chi connectivity index (χ1v) is 10.3. The molecule has 1 aromatic heterocycles. The lowest BCUT2D eigenvalue weighted by Crippen LogP contribution is -2.49. The van der Waals surface area contributed by atoms with E-state index in [0.29, 0.717) is 6.04 Å². The van der Waals surface area contributed by atoms with Crippen LogP contribution in [-0.2, 0) is 0 Å². The van der Waals surface area contributed by atoms with Crippen molar-refractivity contribution in [3.63, 3.8) is 0 Å². The summed E-state index contributed by atoms with van der Waals surface area (Å²) < 4.78 is 0. The van der Waals surface area contributed by atoms with Crippen LogP contribution < -0.4 is 10.2 Å². The monoisotopic (exact) mass is 429 g/mol. The van der Waals surface area contributed by atoms with E-state index in [-0.39, 0.29) is 30.7 Å². The third-order valence-electron chi connectivity index (χ3n) is 6.04. The number of nitrogens with one attached hydrogen (secondary N) is 1. The van der Waals surface area contributed by atoms with E-state index < -0.39 is 0 Å². The smallest absolute Gasteiger partial charge is 0.255 e. The molecule has 3 aliphatic heterocycles. The Hall–Kier alpha value is -1.08. The van der Waals surface area contributed by atoms with Gasteiger partial charge in [0.25, 0.3) is 5.91 Å². The first kappa shape index (κ1) is 23.2. The standard InChI is InChI=1S/C20H31N5O.2ClH/c26-20(25-12-7-18(16-25)23-13-8-21-9-14-23)17-5-6-19(22-15-17)24-10-3-1-2-4-11-24;;/h5-6,15,18,21H,1-4,7-14,16H2;2*1H. The SMILES string of the molecule is Cl.Cl.O=C(c1ccc(N2CCCCCC2)nc1)N1CCC(N2CCNCC2)C1. The van der Waals surface area contributed by atoms with Gasteiger partial charge >= 0.3 is 0 Å². The Kier molecular flexibility index (Phi) is 9.28. The van der Waals surface area contributed by atoms with Crippen molar-refractivity contribution in [2.75, 3.05) is 57.3 Å². The molecule has 0 aliphatic carbocycles. The zero-order valence-corrected chi connectivity index (χ0v) is 18.1.